The Morgan fingerprint density at radius 1 is 1.29 bits per heavy atom. The average Bonchev–Trinajstić information content (AvgIpc) is 2.26. The lowest BCUT2D eigenvalue weighted by atomic mass is 10.1. The van der Waals surface area contributed by atoms with Crippen molar-refractivity contribution >= 4 is 0 Å². The van der Waals surface area contributed by atoms with Crippen molar-refractivity contribution in [3.8, 4) is 0 Å². The molecule has 1 N–H and O–H groups in total. The minimum Gasteiger partial charge on any atom is -0.306 e. The van der Waals surface area contributed by atoms with Crippen LogP contribution in [-0.4, -0.2) is 11.0 Å². The zero-order valence-electron chi connectivity index (χ0n) is 9.33. The molecule has 0 unspecified atom stereocenters. The van der Waals surface area contributed by atoms with E-state index in [1.807, 2.05) is 18.3 Å². The van der Waals surface area contributed by atoms with E-state index in [1.165, 1.54) is 12.8 Å². The van der Waals surface area contributed by atoms with E-state index in [0.29, 0.717) is 12.1 Å². The molecule has 1 heterocycles. The van der Waals surface area contributed by atoms with E-state index in [1.54, 1.807) is 0 Å². The Labute approximate surface area is 86.8 Å². The van der Waals surface area contributed by atoms with Crippen LogP contribution in [0.3, 0.4) is 0 Å². The van der Waals surface area contributed by atoms with E-state index >= 15 is 0 Å². The van der Waals surface area contributed by atoms with Gasteiger partial charge >= 0.3 is 0 Å². The molecule has 1 aromatic heterocycles. The number of rotatable bonds is 5. The SMILES string of the molecule is CCC(CC)N[C@@H](C)c1ccccn1. The van der Waals surface area contributed by atoms with Crippen molar-refractivity contribution in [2.45, 2.75) is 45.7 Å². The van der Waals surface area contributed by atoms with Gasteiger partial charge in [0.2, 0.25) is 0 Å². The first-order valence-corrected chi connectivity index (χ1v) is 5.44. The summed E-state index contributed by atoms with van der Waals surface area (Å²) in [5, 5.41) is 3.57. The summed E-state index contributed by atoms with van der Waals surface area (Å²) in [6.45, 7) is 6.60. The lowest BCUT2D eigenvalue weighted by molar-refractivity contribution is 0.427. The summed E-state index contributed by atoms with van der Waals surface area (Å²) in [4.78, 5) is 4.34. The van der Waals surface area contributed by atoms with Crippen LogP contribution in [0.4, 0.5) is 0 Å². The number of nitrogens with one attached hydrogen (secondary N) is 1. The number of pyridine rings is 1. The predicted octanol–water partition coefficient (Wildman–Crippen LogP) is 2.92. The summed E-state index contributed by atoms with van der Waals surface area (Å²) in [7, 11) is 0. The summed E-state index contributed by atoms with van der Waals surface area (Å²) in [6, 6.07) is 7.01. The fourth-order valence-electron chi connectivity index (χ4n) is 1.60. The third-order valence-electron chi connectivity index (χ3n) is 2.60. The van der Waals surface area contributed by atoms with Crippen LogP contribution in [0.15, 0.2) is 24.4 Å². The summed E-state index contributed by atoms with van der Waals surface area (Å²) < 4.78 is 0. The van der Waals surface area contributed by atoms with Crippen LogP contribution in [0.5, 0.6) is 0 Å². The van der Waals surface area contributed by atoms with E-state index in [0.717, 1.165) is 5.69 Å². The number of aromatic nitrogens is 1. The zero-order valence-corrected chi connectivity index (χ0v) is 9.33. The summed E-state index contributed by atoms with van der Waals surface area (Å²) >= 11 is 0. The monoisotopic (exact) mass is 192 g/mol. The number of hydrogen-bond acceptors (Lipinski definition) is 2. The second-order valence-corrected chi connectivity index (χ2v) is 3.66. The van der Waals surface area contributed by atoms with Crippen molar-refractivity contribution in [1.82, 2.24) is 10.3 Å². The van der Waals surface area contributed by atoms with Crippen LogP contribution in [0, 0.1) is 0 Å². The Kier molecular flexibility index (Phi) is 4.60. The smallest absolute Gasteiger partial charge is 0.0570 e. The minimum atomic E-state index is 0.348. The average molecular weight is 192 g/mol. The molecule has 2 nitrogen and oxygen atoms in total. The maximum Gasteiger partial charge on any atom is 0.0570 e. The van der Waals surface area contributed by atoms with E-state index in [-0.39, 0.29) is 0 Å². The van der Waals surface area contributed by atoms with Crippen LogP contribution < -0.4 is 5.32 Å². The fraction of sp³-hybridized carbons (Fsp3) is 0.583. The van der Waals surface area contributed by atoms with Gasteiger partial charge in [-0.05, 0) is 31.9 Å². The van der Waals surface area contributed by atoms with E-state index in [4.69, 9.17) is 0 Å². The van der Waals surface area contributed by atoms with E-state index in [2.05, 4.69) is 37.1 Å². The van der Waals surface area contributed by atoms with Gasteiger partial charge in [-0.1, -0.05) is 19.9 Å². The molecule has 0 aromatic carbocycles. The molecular weight excluding hydrogens is 172 g/mol. The molecule has 0 aliphatic carbocycles. The molecular formula is C12H20N2. The van der Waals surface area contributed by atoms with Gasteiger partial charge in [-0.25, -0.2) is 0 Å². The minimum absolute atomic E-state index is 0.348. The first-order valence-electron chi connectivity index (χ1n) is 5.44. The molecule has 0 saturated carbocycles. The third kappa shape index (κ3) is 3.11. The number of nitrogens with zero attached hydrogens (tertiary/aromatic N) is 1. The van der Waals surface area contributed by atoms with Gasteiger partial charge in [0.25, 0.3) is 0 Å². The van der Waals surface area contributed by atoms with Crippen molar-refractivity contribution in [1.29, 1.82) is 0 Å². The Bertz CT molecular complexity index is 242. The Morgan fingerprint density at radius 2 is 2.00 bits per heavy atom. The van der Waals surface area contributed by atoms with Crippen LogP contribution >= 0.6 is 0 Å². The van der Waals surface area contributed by atoms with Gasteiger partial charge in [0.05, 0.1) is 5.69 Å². The molecule has 0 fully saturated rings. The first-order chi connectivity index (χ1) is 6.77. The molecule has 2 heteroatoms. The first kappa shape index (κ1) is 11.2. The molecule has 0 bridgehead atoms. The topological polar surface area (TPSA) is 24.9 Å². The van der Waals surface area contributed by atoms with Gasteiger partial charge in [-0.15, -0.1) is 0 Å². The normalized spacial score (nSPS) is 13.1. The van der Waals surface area contributed by atoms with Crippen LogP contribution in [0.1, 0.15) is 45.3 Å². The highest BCUT2D eigenvalue weighted by Gasteiger charge is 2.10. The molecule has 0 aliphatic rings. The van der Waals surface area contributed by atoms with Crippen LogP contribution in [0.25, 0.3) is 0 Å². The molecule has 1 aromatic rings. The molecule has 0 radical (unpaired) electrons. The molecule has 1 rings (SSSR count). The highest BCUT2D eigenvalue weighted by molar-refractivity contribution is 5.07. The Hall–Kier alpha value is -0.890. The summed E-state index contributed by atoms with van der Waals surface area (Å²) in [5.41, 5.74) is 1.12. The number of hydrogen-bond donors (Lipinski definition) is 1. The third-order valence-corrected chi connectivity index (χ3v) is 2.60. The molecule has 1 atom stereocenters. The van der Waals surface area contributed by atoms with Gasteiger partial charge in [0.15, 0.2) is 0 Å². The molecule has 14 heavy (non-hydrogen) atoms. The van der Waals surface area contributed by atoms with Gasteiger partial charge in [-0.2, -0.15) is 0 Å². The Balaban J connectivity index is 2.54. The second-order valence-electron chi connectivity index (χ2n) is 3.66. The van der Waals surface area contributed by atoms with Gasteiger partial charge in [0, 0.05) is 18.3 Å². The maximum atomic E-state index is 4.34. The predicted molar refractivity (Wildman–Crippen MR) is 60.2 cm³/mol. The molecule has 0 amide bonds. The fourth-order valence-corrected chi connectivity index (χ4v) is 1.60. The molecule has 0 saturated heterocycles. The second kappa shape index (κ2) is 5.76. The zero-order chi connectivity index (χ0) is 10.4. The lowest BCUT2D eigenvalue weighted by Crippen LogP contribution is -2.30. The quantitative estimate of drug-likeness (QED) is 0.776. The van der Waals surface area contributed by atoms with Crippen LogP contribution in [0.2, 0.25) is 0 Å². The largest absolute Gasteiger partial charge is 0.306 e. The highest BCUT2D eigenvalue weighted by atomic mass is 15.0. The summed E-state index contributed by atoms with van der Waals surface area (Å²) in [5.74, 6) is 0. The van der Waals surface area contributed by atoms with E-state index in [9.17, 15) is 0 Å². The van der Waals surface area contributed by atoms with Gasteiger partial charge in [-0.3, -0.25) is 4.98 Å². The lowest BCUT2D eigenvalue weighted by Gasteiger charge is -2.20. The summed E-state index contributed by atoms with van der Waals surface area (Å²) in [6.07, 6.45) is 4.20. The maximum absolute atomic E-state index is 4.34. The van der Waals surface area contributed by atoms with Gasteiger partial charge < -0.3 is 5.32 Å². The standard InChI is InChI=1S/C12H20N2/c1-4-11(5-2)14-10(3)12-8-6-7-9-13-12/h6-11,14H,4-5H2,1-3H3/t10-/m0/s1. The van der Waals surface area contributed by atoms with Crippen LogP contribution in [-0.2, 0) is 0 Å². The van der Waals surface area contributed by atoms with Crippen molar-refractivity contribution < 1.29 is 0 Å². The Morgan fingerprint density at radius 3 is 2.50 bits per heavy atom. The van der Waals surface area contributed by atoms with E-state index < -0.39 is 0 Å². The van der Waals surface area contributed by atoms with Crippen molar-refractivity contribution in [3.05, 3.63) is 30.1 Å². The van der Waals surface area contributed by atoms with Gasteiger partial charge in [0.1, 0.15) is 0 Å². The molecule has 0 aliphatic heterocycles. The molecule has 78 valence electrons. The van der Waals surface area contributed by atoms with Crippen molar-refractivity contribution in [2.75, 3.05) is 0 Å². The molecule has 0 spiro atoms. The van der Waals surface area contributed by atoms with Crippen molar-refractivity contribution in [3.63, 3.8) is 0 Å². The van der Waals surface area contributed by atoms with Crippen molar-refractivity contribution in [2.24, 2.45) is 0 Å². The highest BCUT2D eigenvalue weighted by Crippen LogP contribution is 2.10.